The third-order valence-electron chi connectivity index (χ3n) is 2.25. The van der Waals surface area contributed by atoms with Crippen molar-refractivity contribution in [1.82, 2.24) is 0 Å². The molecule has 0 unspecified atom stereocenters. The van der Waals surface area contributed by atoms with Gasteiger partial charge in [0.15, 0.2) is 0 Å². The van der Waals surface area contributed by atoms with Crippen molar-refractivity contribution in [2.45, 2.75) is 0 Å². The van der Waals surface area contributed by atoms with Crippen LogP contribution in [0.15, 0.2) is 29.4 Å². The molecule has 0 spiro atoms. The van der Waals surface area contributed by atoms with Crippen LogP contribution in [0.1, 0.15) is 26.3 Å². The van der Waals surface area contributed by atoms with Gasteiger partial charge in [0.25, 0.3) is 0 Å². The van der Waals surface area contributed by atoms with Crippen LogP contribution in [0.3, 0.4) is 0 Å². The number of carbonyl (C=O) groups excluding carboxylic acids is 2. The van der Waals surface area contributed by atoms with E-state index in [1.807, 2.05) is 0 Å². The van der Waals surface area contributed by atoms with Crippen LogP contribution in [0, 0.1) is 0 Å². The molecule has 0 bridgehead atoms. The van der Waals surface area contributed by atoms with Crippen molar-refractivity contribution in [1.29, 1.82) is 0 Å². The van der Waals surface area contributed by atoms with Gasteiger partial charge in [-0.3, -0.25) is 0 Å². The fourth-order valence-corrected chi connectivity index (χ4v) is 1.56. The molecule has 1 heterocycles. The maximum Gasteiger partial charge on any atom is 0.347 e. The van der Waals surface area contributed by atoms with Gasteiger partial charge in [0.2, 0.25) is 0 Å². The van der Waals surface area contributed by atoms with Gasteiger partial charge in [0, 0.05) is 11.5 Å². The van der Waals surface area contributed by atoms with Gasteiger partial charge in [-0.15, -0.1) is 0 Å². The van der Waals surface area contributed by atoms with E-state index in [-0.39, 0.29) is 17.7 Å². The van der Waals surface area contributed by atoms with E-state index in [1.165, 1.54) is 6.07 Å². The number of nitrogens with zero attached hydrogens (tertiary/aromatic N) is 3. The lowest BCUT2D eigenvalue weighted by Gasteiger charge is -1.97. The quantitative estimate of drug-likeness (QED) is 0.262. The van der Waals surface area contributed by atoms with E-state index >= 15 is 0 Å². The Morgan fingerprint density at radius 3 is 2.94 bits per heavy atom. The first kappa shape index (κ1) is 10.9. The maximum absolute atomic E-state index is 11.4. The van der Waals surface area contributed by atoms with Crippen molar-refractivity contribution in [3.05, 3.63) is 51.4 Å². The molecule has 0 saturated carbocycles. The SMILES string of the molecule is [N-]=[N+]=NCC=Cc1cccc2c1C(=O)OC2=O. The summed E-state index contributed by atoms with van der Waals surface area (Å²) >= 11 is 0. The van der Waals surface area contributed by atoms with Crippen LogP contribution >= 0.6 is 0 Å². The lowest BCUT2D eigenvalue weighted by molar-refractivity contribution is 0.0444. The van der Waals surface area contributed by atoms with Gasteiger partial charge in [-0.1, -0.05) is 29.4 Å². The van der Waals surface area contributed by atoms with Crippen LogP contribution in [0.25, 0.3) is 16.5 Å². The number of cyclic esters (lactones) is 2. The Morgan fingerprint density at radius 2 is 2.18 bits per heavy atom. The molecular formula is C11H7N3O3. The number of carbonyl (C=O) groups is 2. The number of ether oxygens (including phenoxy) is 1. The molecule has 6 nitrogen and oxygen atoms in total. The molecule has 1 aromatic carbocycles. The fraction of sp³-hybridized carbons (Fsp3) is 0.0909. The van der Waals surface area contributed by atoms with Crippen molar-refractivity contribution < 1.29 is 14.3 Å². The van der Waals surface area contributed by atoms with E-state index in [0.29, 0.717) is 5.56 Å². The summed E-state index contributed by atoms with van der Waals surface area (Å²) in [4.78, 5) is 25.3. The van der Waals surface area contributed by atoms with E-state index in [0.717, 1.165) is 0 Å². The molecule has 2 rings (SSSR count). The van der Waals surface area contributed by atoms with Crippen LogP contribution in [0.4, 0.5) is 0 Å². The first-order chi connectivity index (χ1) is 8.24. The molecule has 0 saturated heterocycles. The molecule has 0 radical (unpaired) electrons. The first-order valence-electron chi connectivity index (χ1n) is 4.81. The van der Waals surface area contributed by atoms with Gasteiger partial charge in [-0.2, -0.15) is 0 Å². The highest BCUT2D eigenvalue weighted by Crippen LogP contribution is 2.24. The monoisotopic (exact) mass is 229 g/mol. The summed E-state index contributed by atoms with van der Waals surface area (Å²) in [5.41, 5.74) is 9.20. The Morgan fingerprint density at radius 1 is 1.35 bits per heavy atom. The van der Waals surface area contributed by atoms with Crippen LogP contribution in [0.5, 0.6) is 0 Å². The minimum atomic E-state index is -0.644. The van der Waals surface area contributed by atoms with E-state index in [4.69, 9.17) is 5.53 Å². The van der Waals surface area contributed by atoms with Crippen LogP contribution in [0.2, 0.25) is 0 Å². The second-order valence-corrected chi connectivity index (χ2v) is 3.26. The van der Waals surface area contributed by atoms with Gasteiger partial charge in [0.05, 0.1) is 11.1 Å². The Bertz CT molecular complexity index is 571. The van der Waals surface area contributed by atoms with E-state index in [1.54, 1.807) is 24.3 Å². The Labute approximate surface area is 96.1 Å². The molecule has 0 N–H and O–H groups in total. The predicted octanol–water partition coefficient (Wildman–Crippen LogP) is 2.32. The van der Waals surface area contributed by atoms with Crippen molar-refractivity contribution >= 4 is 18.0 Å². The first-order valence-corrected chi connectivity index (χ1v) is 4.81. The second-order valence-electron chi connectivity index (χ2n) is 3.26. The summed E-state index contributed by atoms with van der Waals surface area (Å²) in [5.74, 6) is -1.27. The summed E-state index contributed by atoms with van der Waals surface area (Å²) in [7, 11) is 0. The van der Waals surface area contributed by atoms with Crippen molar-refractivity contribution in [3.63, 3.8) is 0 Å². The summed E-state index contributed by atoms with van der Waals surface area (Å²) < 4.78 is 4.51. The van der Waals surface area contributed by atoms with Gasteiger partial charge in [-0.05, 0) is 17.2 Å². The minimum absolute atomic E-state index is 0.184. The Hall–Kier alpha value is -2.59. The summed E-state index contributed by atoms with van der Waals surface area (Å²) in [6, 6.07) is 4.88. The van der Waals surface area contributed by atoms with Crippen molar-refractivity contribution in [2.75, 3.05) is 6.54 Å². The molecule has 84 valence electrons. The summed E-state index contributed by atoms with van der Waals surface area (Å²) in [6.45, 7) is 0.184. The smallest absolute Gasteiger partial charge is 0.347 e. The minimum Gasteiger partial charge on any atom is -0.386 e. The molecule has 1 aromatic rings. The lowest BCUT2D eigenvalue weighted by atomic mass is 10.0. The zero-order chi connectivity index (χ0) is 12.3. The highest BCUT2D eigenvalue weighted by atomic mass is 16.6. The van der Waals surface area contributed by atoms with Crippen molar-refractivity contribution in [3.8, 4) is 0 Å². The highest BCUT2D eigenvalue weighted by molar-refractivity contribution is 6.16. The Balaban J connectivity index is 2.37. The zero-order valence-electron chi connectivity index (χ0n) is 8.66. The maximum atomic E-state index is 11.4. The van der Waals surface area contributed by atoms with Gasteiger partial charge in [-0.25, -0.2) is 9.59 Å². The third-order valence-corrected chi connectivity index (χ3v) is 2.25. The van der Waals surface area contributed by atoms with Gasteiger partial charge >= 0.3 is 11.9 Å². The molecule has 0 aromatic heterocycles. The summed E-state index contributed by atoms with van der Waals surface area (Å²) in [6.07, 6.45) is 3.22. The van der Waals surface area contributed by atoms with Crippen LogP contribution in [-0.4, -0.2) is 18.5 Å². The third kappa shape index (κ3) is 2.02. The fourth-order valence-electron chi connectivity index (χ4n) is 1.56. The number of rotatable bonds is 3. The predicted molar refractivity (Wildman–Crippen MR) is 59.2 cm³/mol. The average molecular weight is 229 g/mol. The molecule has 0 fully saturated rings. The summed E-state index contributed by atoms with van der Waals surface area (Å²) in [5, 5.41) is 3.33. The second kappa shape index (κ2) is 4.51. The van der Waals surface area contributed by atoms with Gasteiger partial charge in [0.1, 0.15) is 0 Å². The highest BCUT2D eigenvalue weighted by Gasteiger charge is 2.31. The molecule has 0 amide bonds. The number of esters is 2. The number of fused-ring (bicyclic) bond motifs is 1. The van der Waals surface area contributed by atoms with E-state index in [2.05, 4.69) is 14.8 Å². The van der Waals surface area contributed by atoms with E-state index in [9.17, 15) is 9.59 Å². The molecular weight excluding hydrogens is 222 g/mol. The normalized spacial score (nSPS) is 13.4. The largest absolute Gasteiger partial charge is 0.386 e. The lowest BCUT2D eigenvalue weighted by Crippen LogP contribution is -1.98. The number of hydrogen-bond donors (Lipinski definition) is 0. The molecule has 0 aliphatic carbocycles. The topological polar surface area (TPSA) is 92.1 Å². The molecule has 6 heteroatoms. The van der Waals surface area contributed by atoms with Crippen LogP contribution in [-0.2, 0) is 4.74 Å². The number of benzene rings is 1. The van der Waals surface area contributed by atoms with Crippen molar-refractivity contribution in [2.24, 2.45) is 5.11 Å². The van der Waals surface area contributed by atoms with Crippen LogP contribution < -0.4 is 0 Å². The molecule has 1 aliphatic heterocycles. The molecule has 1 aliphatic rings. The van der Waals surface area contributed by atoms with Gasteiger partial charge < -0.3 is 4.74 Å². The zero-order valence-corrected chi connectivity index (χ0v) is 8.66. The Kier molecular flexibility index (Phi) is 2.89. The number of azide groups is 1. The molecule has 17 heavy (non-hydrogen) atoms. The average Bonchev–Trinajstić information content (AvgIpc) is 2.62. The number of hydrogen-bond acceptors (Lipinski definition) is 4. The standard InChI is InChI=1S/C11H7N3O3/c12-14-13-6-2-4-7-3-1-5-8-9(7)11(16)17-10(8)15/h1-5H,6H2. The van der Waals surface area contributed by atoms with E-state index < -0.39 is 11.9 Å². The molecule has 0 atom stereocenters.